The highest BCUT2D eigenvalue weighted by Gasteiger charge is 2.12. The first kappa shape index (κ1) is 19.5. The van der Waals surface area contributed by atoms with Gasteiger partial charge in [-0.25, -0.2) is 4.79 Å². The van der Waals surface area contributed by atoms with Gasteiger partial charge in [0.2, 0.25) is 5.91 Å². The van der Waals surface area contributed by atoms with Gasteiger partial charge in [0.05, 0.1) is 18.7 Å². The molecule has 1 rings (SSSR count). The number of rotatable bonds is 9. The molecule has 0 radical (unpaired) electrons. The van der Waals surface area contributed by atoms with Crippen molar-refractivity contribution in [1.82, 2.24) is 10.6 Å². The van der Waals surface area contributed by atoms with Crippen molar-refractivity contribution in [2.75, 3.05) is 26.3 Å². The molecule has 7 nitrogen and oxygen atoms in total. The van der Waals surface area contributed by atoms with Gasteiger partial charge in [0.25, 0.3) is 5.91 Å². The first-order valence-corrected chi connectivity index (χ1v) is 7.85. The molecule has 7 heteroatoms. The number of benzene rings is 1. The third kappa shape index (κ3) is 7.62. The zero-order valence-electron chi connectivity index (χ0n) is 14.3. The van der Waals surface area contributed by atoms with Gasteiger partial charge in [0.15, 0.2) is 6.61 Å². The van der Waals surface area contributed by atoms with Crippen molar-refractivity contribution >= 4 is 17.8 Å². The first-order valence-electron chi connectivity index (χ1n) is 7.85. The van der Waals surface area contributed by atoms with Crippen LogP contribution in [0.1, 0.15) is 31.1 Å². The molecule has 0 bridgehead atoms. The van der Waals surface area contributed by atoms with Crippen molar-refractivity contribution < 1.29 is 23.9 Å². The monoisotopic (exact) mass is 336 g/mol. The van der Waals surface area contributed by atoms with Crippen LogP contribution in [-0.4, -0.2) is 44.1 Å². The van der Waals surface area contributed by atoms with Gasteiger partial charge in [-0.3, -0.25) is 9.59 Å². The summed E-state index contributed by atoms with van der Waals surface area (Å²) in [5.74, 6) is -0.528. The molecule has 132 valence electrons. The second-order valence-electron chi connectivity index (χ2n) is 5.54. The zero-order valence-corrected chi connectivity index (χ0v) is 14.3. The van der Waals surface area contributed by atoms with Crippen molar-refractivity contribution in [1.29, 1.82) is 0 Å². The summed E-state index contributed by atoms with van der Waals surface area (Å²) < 4.78 is 10.5. The van der Waals surface area contributed by atoms with Crippen LogP contribution in [0.3, 0.4) is 0 Å². The number of ether oxygens (including phenoxy) is 2. The second kappa shape index (κ2) is 10.3. The van der Waals surface area contributed by atoms with Crippen LogP contribution in [0.15, 0.2) is 24.3 Å². The van der Waals surface area contributed by atoms with E-state index in [1.165, 1.54) is 0 Å². The summed E-state index contributed by atoms with van der Waals surface area (Å²) >= 11 is 0. The molecule has 0 heterocycles. The summed E-state index contributed by atoms with van der Waals surface area (Å²) in [5.41, 5.74) is 0.299. The topological polar surface area (TPSA) is 93.7 Å². The summed E-state index contributed by atoms with van der Waals surface area (Å²) in [6.07, 6.45) is 0. The molecule has 0 atom stereocenters. The Morgan fingerprint density at radius 1 is 1.12 bits per heavy atom. The minimum absolute atomic E-state index is 0.150. The van der Waals surface area contributed by atoms with Gasteiger partial charge in [0.1, 0.15) is 5.75 Å². The fourth-order valence-electron chi connectivity index (χ4n) is 1.68. The average molecular weight is 336 g/mol. The van der Waals surface area contributed by atoms with E-state index in [0.29, 0.717) is 30.4 Å². The highest BCUT2D eigenvalue weighted by molar-refractivity contribution is 5.92. The molecule has 0 saturated carbocycles. The van der Waals surface area contributed by atoms with E-state index in [2.05, 4.69) is 10.6 Å². The maximum absolute atomic E-state index is 11.9. The van der Waals surface area contributed by atoms with Crippen LogP contribution in [0.25, 0.3) is 0 Å². The Labute approximate surface area is 141 Å². The van der Waals surface area contributed by atoms with E-state index < -0.39 is 18.5 Å². The number of nitrogens with one attached hydrogen (secondary N) is 2. The third-order valence-electron chi connectivity index (χ3n) is 2.81. The highest BCUT2D eigenvalue weighted by atomic mass is 16.5. The standard InChI is InChI=1S/C17H24N2O5/c1-4-18-15(20)9-19-16(21)11-24-17(22)13-6-5-7-14(8-13)23-10-12(2)3/h5-8,12H,4,9-11H2,1-3H3,(H,18,20)(H,19,21). The van der Waals surface area contributed by atoms with Crippen LogP contribution in [0, 0.1) is 5.92 Å². The van der Waals surface area contributed by atoms with Crippen LogP contribution in [0.4, 0.5) is 0 Å². The Hall–Kier alpha value is -2.57. The summed E-state index contributed by atoms with van der Waals surface area (Å²) in [6, 6.07) is 6.58. The van der Waals surface area contributed by atoms with Gasteiger partial charge in [0, 0.05) is 6.54 Å². The third-order valence-corrected chi connectivity index (χ3v) is 2.81. The zero-order chi connectivity index (χ0) is 17.9. The van der Waals surface area contributed by atoms with Gasteiger partial charge >= 0.3 is 5.97 Å². The SMILES string of the molecule is CCNC(=O)CNC(=O)COC(=O)c1cccc(OCC(C)C)c1. The molecule has 0 aliphatic heterocycles. The molecule has 0 aliphatic rings. The summed E-state index contributed by atoms with van der Waals surface area (Å²) in [5, 5.41) is 4.91. The predicted molar refractivity (Wildman–Crippen MR) is 88.8 cm³/mol. The van der Waals surface area contributed by atoms with Gasteiger partial charge in [-0.2, -0.15) is 0 Å². The van der Waals surface area contributed by atoms with E-state index in [1.54, 1.807) is 31.2 Å². The molecule has 0 fully saturated rings. The summed E-state index contributed by atoms with van der Waals surface area (Å²) in [4.78, 5) is 34.7. The fourth-order valence-corrected chi connectivity index (χ4v) is 1.68. The number of likely N-dealkylation sites (N-methyl/N-ethyl adjacent to an activating group) is 1. The molecule has 1 aromatic carbocycles. The van der Waals surface area contributed by atoms with Crippen molar-refractivity contribution in [2.45, 2.75) is 20.8 Å². The number of carbonyl (C=O) groups excluding carboxylic acids is 3. The first-order chi connectivity index (χ1) is 11.4. The van der Waals surface area contributed by atoms with Crippen LogP contribution in [0.2, 0.25) is 0 Å². The lowest BCUT2D eigenvalue weighted by Crippen LogP contribution is -2.38. The average Bonchev–Trinajstić information content (AvgIpc) is 2.56. The maximum Gasteiger partial charge on any atom is 0.338 e. The number of carbonyl (C=O) groups is 3. The van der Waals surface area contributed by atoms with Crippen LogP contribution in [-0.2, 0) is 14.3 Å². The highest BCUT2D eigenvalue weighted by Crippen LogP contribution is 2.15. The molecule has 2 amide bonds. The molecule has 0 unspecified atom stereocenters. The number of amides is 2. The molecule has 0 spiro atoms. The molecule has 2 N–H and O–H groups in total. The fraction of sp³-hybridized carbons (Fsp3) is 0.471. The largest absolute Gasteiger partial charge is 0.493 e. The molecule has 24 heavy (non-hydrogen) atoms. The molecule has 0 aliphatic carbocycles. The predicted octanol–water partition coefficient (Wildman–Crippen LogP) is 1.13. The number of hydrogen-bond donors (Lipinski definition) is 2. The number of hydrogen-bond acceptors (Lipinski definition) is 5. The smallest absolute Gasteiger partial charge is 0.338 e. The van der Waals surface area contributed by atoms with E-state index in [4.69, 9.17) is 9.47 Å². The molecular formula is C17H24N2O5. The van der Waals surface area contributed by atoms with Gasteiger partial charge in [-0.05, 0) is 31.0 Å². The van der Waals surface area contributed by atoms with E-state index in [1.807, 2.05) is 13.8 Å². The quantitative estimate of drug-likeness (QED) is 0.659. The van der Waals surface area contributed by atoms with E-state index in [-0.39, 0.29) is 12.5 Å². The van der Waals surface area contributed by atoms with Crippen molar-refractivity contribution in [3.05, 3.63) is 29.8 Å². The lowest BCUT2D eigenvalue weighted by atomic mass is 10.2. The van der Waals surface area contributed by atoms with Gasteiger partial charge < -0.3 is 20.1 Å². The van der Waals surface area contributed by atoms with Gasteiger partial charge in [-0.1, -0.05) is 19.9 Å². The van der Waals surface area contributed by atoms with E-state index in [9.17, 15) is 14.4 Å². The Morgan fingerprint density at radius 2 is 1.88 bits per heavy atom. The Balaban J connectivity index is 2.43. The van der Waals surface area contributed by atoms with Crippen LogP contribution < -0.4 is 15.4 Å². The molecule has 0 aromatic heterocycles. The van der Waals surface area contributed by atoms with E-state index >= 15 is 0 Å². The van der Waals surface area contributed by atoms with Crippen molar-refractivity contribution in [3.8, 4) is 5.75 Å². The molecular weight excluding hydrogens is 312 g/mol. The molecule has 0 saturated heterocycles. The van der Waals surface area contributed by atoms with E-state index in [0.717, 1.165) is 0 Å². The Morgan fingerprint density at radius 3 is 2.54 bits per heavy atom. The molecule has 1 aromatic rings. The van der Waals surface area contributed by atoms with Gasteiger partial charge in [-0.15, -0.1) is 0 Å². The number of esters is 1. The normalized spacial score (nSPS) is 10.2. The lowest BCUT2D eigenvalue weighted by molar-refractivity contribution is -0.127. The summed E-state index contributed by atoms with van der Waals surface area (Å²) in [6.45, 7) is 6.26. The second-order valence-corrected chi connectivity index (χ2v) is 5.54. The lowest BCUT2D eigenvalue weighted by Gasteiger charge is -2.10. The maximum atomic E-state index is 11.9. The summed E-state index contributed by atoms with van der Waals surface area (Å²) in [7, 11) is 0. The Bertz CT molecular complexity index is 572. The van der Waals surface area contributed by atoms with Crippen molar-refractivity contribution in [3.63, 3.8) is 0 Å². The minimum atomic E-state index is -0.627. The minimum Gasteiger partial charge on any atom is -0.493 e. The van der Waals surface area contributed by atoms with Crippen molar-refractivity contribution in [2.24, 2.45) is 5.92 Å². The van der Waals surface area contributed by atoms with Crippen LogP contribution in [0.5, 0.6) is 5.75 Å². The van der Waals surface area contributed by atoms with Crippen LogP contribution >= 0.6 is 0 Å². The Kier molecular flexibility index (Phi) is 8.32.